The molecular formula is C17H20N4O3S. The van der Waals surface area contributed by atoms with Crippen LogP contribution in [-0.2, 0) is 16.4 Å². The molecule has 0 bridgehead atoms. The van der Waals surface area contributed by atoms with Crippen molar-refractivity contribution in [2.24, 2.45) is 0 Å². The van der Waals surface area contributed by atoms with Crippen LogP contribution in [-0.4, -0.2) is 41.8 Å². The molecule has 1 amide bonds. The summed E-state index contributed by atoms with van der Waals surface area (Å²) in [6.07, 6.45) is 3.42. The first-order valence-electron chi connectivity index (χ1n) is 8.04. The number of aromatic nitrogens is 2. The van der Waals surface area contributed by atoms with Crippen molar-refractivity contribution in [3.05, 3.63) is 53.3 Å². The SMILES string of the molecule is Cc1cccc(CNC(=O)c2cnc(NC3CCS(=O)(=O)C3)nc2)c1. The van der Waals surface area contributed by atoms with E-state index >= 15 is 0 Å². The van der Waals surface area contributed by atoms with Crippen LogP contribution in [0.2, 0.25) is 0 Å². The zero-order valence-corrected chi connectivity index (χ0v) is 14.7. The number of sulfone groups is 1. The molecule has 1 saturated heterocycles. The highest BCUT2D eigenvalue weighted by atomic mass is 32.2. The van der Waals surface area contributed by atoms with E-state index < -0.39 is 9.84 Å². The molecule has 1 aliphatic rings. The molecule has 2 heterocycles. The second kappa shape index (κ2) is 7.18. The molecule has 1 aromatic heterocycles. The number of nitrogens with one attached hydrogen (secondary N) is 2. The molecule has 1 fully saturated rings. The molecule has 3 rings (SSSR count). The third-order valence-electron chi connectivity index (χ3n) is 4.02. The average molecular weight is 360 g/mol. The van der Waals surface area contributed by atoms with Crippen molar-refractivity contribution in [2.75, 3.05) is 16.8 Å². The number of carbonyl (C=O) groups excluding carboxylic acids is 1. The number of anilines is 1. The lowest BCUT2D eigenvalue weighted by atomic mass is 10.1. The molecule has 132 valence electrons. The van der Waals surface area contributed by atoms with Gasteiger partial charge < -0.3 is 10.6 Å². The van der Waals surface area contributed by atoms with Gasteiger partial charge >= 0.3 is 0 Å². The Labute approximate surface area is 146 Å². The van der Waals surface area contributed by atoms with Crippen molar-refractivity contribution in [3.8, 4) is 0 Å². The second-order valence-electron chi connectivity index (χ2n) is 6.21. The summed E-state index contributed by atoms with van der Waals surface area (Å²) in [5.74, 6) is 0.355. The minimum absolute atomic E-state index is 0.0924. The Hall–Kier alpha value is -2.48. The van der Waals surface area contributed by atoms with E-state index in [9.17, 15) is 13.2 Å². The highest BCUT2D eigenvalue weighted by Crippen LogP contribution is 2.15. The van der Waals surface area contributed by atoms with Gasteiger partial charge in [-0.25, -0.2) is 18.4 Å². The van der Waals surface area contributed by atoms with Crippen LogP contribution in [0.4, 0.5) is 5.95 Å². The van der Waals surface area contributed by atoms with Crippen LogP contribution in [0.3, 0.4) is 0 Å². The molecule has 25 heavy (non-hydrogen) atoms. The molecule has 0 aliphatic carbocycles. The van der Waals surface area contributed by atoms with Gasteiger partial charge in [-0.15, -0.1) is 0 Å². The van der Waals surface area contributed by atoms with Crippen LogP contribution in [0.1, 0.15) is 27.9 Å². The second-order valence-corrected chi connectivity index (χ2v) is 8.44. The summed E-state index contributed by atoms with van der Waals surface area (Å²) in [6.45, 7) is 2.43. The first-order valence-corrected chi connectivity index (χ1v) is 9.86. The van der Waals surface area contributed by atoms with E-state index in [1.54, 1.807) is 0 Å². The van der Waals surface area contributed by atoms with Crippen LogP contribution in [0.15, 0.2) is 36.7 Å². The van der Waals surface area contributed by atoms with Crippen LogP contribution < -0.4 is 10.6 Å². The monoisotopic (exact) mass is 360 g/mol. The predicted molar refractivity (Wildman–Crippen MR) is 95.1 cm³/mol. The van der Waals surface area contributed by atoms with Gasteiger partial charge in [0.2, 0.25) is 5.95 Å². The van der Waals surface area contributed by atoms with Gasteiger partial charge in [-0.3, -0.25) is 4.79 Å². The summed E-state index contributed by atoms with van der Waals surface area (Å²) in [7, 11) is -2.96. The molecule has 8 heteroatoms. The third-order valence-corrected chi connectivity index (χ3v) is 5.78. The van der Waals surface area contributed by atoms with E-state index in [-0.39, 0.29) is 23.5 Å². The molecule has 1 atom stereocenters. The van der Waals surface area contributed by atoms with Gasteiger partial charge in [0.05, 0.1) is 17.1 Å². The van der Waals surface area contributed by atoms with E-state index in [0.29, 0.717) is 24.5 Å². The summed E-state index contributed by atoms with van der Waals surface area (Å²) < 4.78 is 22.9. The fraction of sp³-hybridized carbons (Fsp3) is 0.353. The first-order chi connectivity index (χ1) is 11.9. The zero-order valence-electron chi connectivity index (χ0n) is 13.9. The summed E-state index contributed by atoms with van der Waals surface area (Å²) in [6, 6.07) is 7.74. The number of hydrogen-bond donors (Lipinski definition) is 2. The first kappa shape index (κ1) is 17.3. The van der Waals surface area contributed by atoms with Crippen LogP contribution in [0.5, 0.6) is 0 Å². The number of nitrogens with zero attached hydrogens (tertiary/aromatic N) is 2. The van der Waals surface area contributed by atoms with E-state index in [1.807, 2.05) is 31.2 Å². The molecule has 1 aliphatic heterocycles. The van der Waals surface area contributed by atoms with Crippen LogP contribution in [0.25, 0.3) is 0 Å². The molecule has 7 nitrogen and oxygen atoms in total. The maximum Gasteiger partial charge on any atom is 0.254 e. The molecule has 0 saturated carbocycles. The molecular weight excluding hydrogens is 340 g/mol. The summed E-state index contributed by atoms with van der Waals surface area (Å²) in [5, 5.41) is 5.82. The number of rotatable bonds is 5. The summed E-state index contributed by atoms with van der Waals surface area (Å²) in [4.78, 5) is 20.4. The molecule has 2 N–H and O–H groups in total. The maximum absolute atomic E-state index is 12.2. The standard InChI is InChI=1S/C17H20N4O3S/c1-12-3-2-4-13(7-12)8-18-16(22)14-9-19-17(20-10-14)21-15-5-6-25(23,24)11-15/h2-4,7,9-10,15H,5-6,8,11H2,1H3,(H,18,22)(H,19,20,21). The number of hydrogen-bond acceptors (Lipinski definition) is 6. The maximum atomic E-state index is 12.2. The van der Waals surface area contributed by atoms with E-state index in [4.69, 9.17) is 0 Å². The van der Waals surface area contributed by atoms with E-state index in [0.717, 1.165) is 11.1 Å². The minimum Gasteiger partial charge on any atom is -0.350 e. The van der Waals surface area contributed by atoms with Crippen LogP contribution in [0, 0.1) is 6.92 Å². The fourth-order valence-corrected chi connectivity index (χ4v) is 4.39. The highest BCUT2D eigenvalue weighted by molar-refractivity contribution is 7.91. The number of carbonyl (C=O) groups is 1. The van der Waals surface area contributed by atoms with Crippen molar-refractivity contribution < 1.29 is 13.2 Å². The van der Waals surface area contributed by atoms with Gasteiger partial charge in [-0.05, 0) is 18.9 Å². The van der Waals surface area contributed by atoms with Crippen molar-refractivity contribution in [2.45, 2.75) is 25.9 Å². The topological polar surface area (TPSA) is 101 Å². The van der Waals surface area contributed by atoms with Gasteiger partial charge in [0.25, 0.3) is 5.91 Å². The van der Waals surface area contributed by atoms with Gasteiger partial charge in [-0.2, -0.15) is 0 Å². The Balaban J connectivity index is 1.55. The third kappa shape index (κ3) is 4.76. The smallest absolute Gasteiger partial charge is 0.254 e. The lowest BCUT2D eigenvalue weighted by Gasteiger charge is -2.10. The average Bonchev–Trinajstić information content (AvgIpc) is 2.92. The number of amides is 1. The van der Waals surface area contributed by atoms with Gasteiger partial charge in [0.1, 0.15) is 0 Å². The summed E-state index contributed by atoms with van der Waals surface area (Å²) >= 11 is 0. The lowest BCUT2D eigenvalue weighted by Crippen LogP contribution is -2.24. The summed E-state index contributed by atoms with van der Waals surface area (Å²) in [5.41, 5.74) is 2.52. The molecule has 2 aromatic rings. The van der Waals surface area contributed by atoms with Gasteiger partial charge in [0, 0.05) is 25.0 Å². The van der Waals surface area contributed by atoms with Gasteiger partial charge in [-0.1, -0.05) is 29.8 Å². The lowest BCUT2D eigenvalue weighted by molar-refractivity contribution is 0.0950. The van der Waals surface area contributed by atoms with Crippen molar-refractivity contribution in [3.63, 3.8) is 0 Å². The largest absolute Gasteiger partial charge is 0.350 e. The molecule has 1 aromatic carbocycles. The van der Waals surface area contributed by atoms with Crippen LogP contribution >= 0.6 is 0 Å². The molecule has 1 unspecified atom stereocenters. The van der Waals surface area contributed by atoms with Crippen molar-refractivity contribution >= 4 is 21.7 Å². The van der Waals surface area contributed by atoms with E-state index in [2.05, 4.69) is 20.6 Å². The van der Waals surface area contributed by atoms with Crippen molar-refractivity contribution in [1.29, 1.82) is 0 Å². The number of aryl methyl sites for hydroxylation is 1. The highest BCUT2D eigenvalue weighted by Gasteiger charge is 2.28. The van der Waals surface area contributed by atoms with Gasteiger partial charge in [0.15, 0.2) is 9.84 Å². The molecule has 0 spiro atoms. The Morgan fingerprint density at radius 1 is 1.28 bits per heavy atom. The number of benzene rings is 1. The predicted octanol–water partition coefficient (Wildman–Crippen LogP) is 1.31. The minimum atomic E-state index is -2.96. The zero-order chi connectivity index (χ0) is 17.9. The Bertz CT molecular complexity index is 866. The quantitative estimate of drug-likeness (QED) is 0.834. The Kier molecular flexibility index (Phi) is 4.98. The fourth-order valence-electron chi connectivity index (χ4n) is 2.72. The van der Waals surface area contributed by atoms with E-state index in [1.165, 1.54) is 12.4 Å². The Morgan fingerprint density at radius 2 is 2.04 bits per heavy atom. The van der Waals surface area contributed by atoms with Crippen molar-refractivity contribution in [1.82, 2.24) is 15.3 Å². The normalized spacial score (nSPS) is 18.7. The molecule has 0 radical (unpaired) electrons. The Morgan fingerprint density at radius 3 is 2.68 bits per heavy atom.